The van der Waals surface area contributed by atoms with Crippen LogP contribution in [0.5, 0.6) is 0 Å². The Morgan fingerprint density at radius 3 is 2.57 bits per heavy atom. The van der Waals surface area contributed by atoms with Crippen molar-refractivity contribution in [3.63, 3.8) is 0 Å². The van der Waals surface area contributed by atoms with E-state index in [-0.39, 0.29) is 0 Å². The smallest absolute Gasteiger partial charge is 0.281 e. The Kier molecular flexibility index (Phi) is 3.56. The highest BCUT2D eigenvalue weighted by molar-refractivity contribution is 5.83. The molecule has 0 saturated carbocycles. The molecule has 0 aliphatic heterocycles. The average molecular weight is 303 g/mol. The first-order valence-corrected chi connectivity index (χ1v) is 7.81. The average Bonchev–Trinajstić information content (AvgIpc) is 2.93. The fraction of sp³-hybridized carbons (Fsp3) is 0.150. The van der Waals surface area contributed by atoms with Crippen LogP contribution in [0.15, 0.2) is 66.7 Å². The molecule has 0 spiro atoms. The minimum absolute atomic E-state index is 0.572. The van der Waals surface area contributed by atoms with Crippen LogP contribution in [0.4, 0.5) is 0 Å². The van der Waals surface area contributed by atoms with E-state index >= 15 is 0 Å². The molecule has 0 radical (unpaired) electrons. The Balaban J connectivity index is 1.79. The number of hydrogen-bond acceptors (Lipinski definition) is 1. The van der Waals surface area contributed by atoms with Gasteiger partial charge in [-0.3, -0.25) is 0 Å². The van der Waals surface area contributed by atoms with Crippen molar-refractivity contribution in [2.45, 2.75) is 13.2 Å². The maximum Gasteiger partial charge on any atom is 0.281 e. The summed E-state index contributed by atoms with van der Waals surface area (Å²) in [5.41, 5.74) is 3.63. The van der Waals surface area contributed by atoms with Crippen molar-refractivity contribution < 1.29 is 9.30 Å². The number of imidazole rings is 1. The first-order valence-electron chi connectivity index (χ1n) is 7.81. The third-order valence-corrected chi connectivity index (χ3v) is 4.24. The molecule has 0 bridgehead atoms. The first kappa shape index (κ1) is 14.0. The van der Waals surface area contributed by atoms with Crippen LogP contribution in [-0.4, -0.2) is 12.1 Å². The Hall–Kier alpha value is -2.65. The highest BCUT2D eigenvalue weighted by Gasteiger charge is 2.18. The van der Waals surface area contributed by atoms with Gasteiger partial charge in [0.05, 0.1) is 0 Å². The number of ether oxygens (including phenoxy) is 1. The topological polar surface area (TPSA) is 28.9 Å². The van der Waals surface area contributed by atoms with Crippen molar-refractivity contribution >= 4 is 21.8 Å². The van der Waals surface area contributed by atoms with Gasteiger partial charge in [0.2, 0.25) is 0 Å². The van der Waals surface area contributed by atoms with E-state index in [0.717, 1.165) is 17.9 Å². The lowest BCUT2D eigenvalue weighted by Gasteiger charge is -2.04. The zero-order valence-corrected chi connectivity index (χ0v) is 13.1. The van der Waals surface area contributed by atoms with Crippen molar-refractivity contribution in [2.24, 2.45) is 0 Å². The van der Waals surface area contributed by atoms with Gasteiger partial charge in [-0.25, -0.2) is 9.55 Å². The van der Waals surface area contributed by atoms with E-state index in [0.29, 0.717) is 6.61 Å². The molecule has 0 fully saturated rings. The van der Waals surface area contributed by atoms with Gasteiger partial charge >= 0.3 is 0 Å². The number of nitrogens with zero attached hydrogens (tertiary/aromatic N) is 1. The Labute approximate surface area is 135 Å². The number of aromatic amines is 1. The summed E-state index contributed by atoms with van der Waals surface area (Å²) in [7, 11) is 1.73. The van der Waals surface area contributed by atoms with Crippen LogP contribution in [0.3, 0.4) is 0 Å². The molecule has 4 rings (SSSR count). The lowest BCUT2D eigenvalue weighted by atomic mass is 10.1. The summed E-state index contributed by atoms with van der Waals surface area (Å²) in [5, 5.41) is 2.55. The van der Waals surface area contributed by atoms with Gasteiger partial charge in [-0.05, 0) is 34.5 Å². The SMILES string of the molecule is COCc1[nH]c2ccccc2[n+]1Cc1ccc2ccccc2c1. The summed E-state index contributed by atoms with van der Waals surface area (Å²) >= 11 is 0. The summed E-state index contributed by atoms with van der Waals surface area (Å²) in [4.78, 5) is 3.46. The molecule has 4 aromatic rings. The number of methoxy groups -OCH3 is 1. The molecule has 23 heavy (non-hydrogen) atoms. The molecule has 0 amide bonds. The highest BCUT2D eigenvalue weighted by Crippen LogP contribution is 2.17. The number of aromatic nitrogens is 2. The maximum atomic E-state index is 5.35. The fourth-order valence-electron chi connectivity index (χ4n) is 3.13. The van der Waals surface area contributed by atoms with Crippen LogP contribution < -0.4 is 4.57 Å². The third-order valence-electron chi connectivity index (χ3n) is 4.24. The van der Waals surface area contributed by atoms with Crippen LogP contribution in [0.25, 0.3) is 21.8 Å². The summed E-state index contributed by atoms with van der Waals surface area (Å²) in [6.45, 7) is 1.40. The van der Waals surface area contributed by atoms with E-state index in [1.807, 2.05) is 0 Å². The molecular formula is C20H19N2O+. The van der Waals surface area contributed by atoms with Crippen LogP contribution in [0.2, 0.25) is 0 Å². The second-order valence-corrected chi connectivity index (χ2v) is 5.79. The predicted octanol–water partition coefficient (Wildman–Crippen LogP) is 3.80. The molecule has 0 atom stereocenters. The zero-order valence-electron chi connectivity index (χ0n) is 13.1. The monoisotopic (exact) mass is 303 g/mol. The third kappa shape index (κ3) is 2.60. The quantitative estimate of drug-likeness (QED) is 0.571. The molecule has 3 heteroatoms. The number of benzene rings is 3. The van der Waals surface area contributed by atoms with E-state index < -0.39 is 0 Å². The van der Waals surface area contributed by atoms with Gasteiger partial charge in [-0.2, -0.15) is 0 Å². The summed E-state index contributed by atoms with van der Waals surface area (Å²) < 4.78 is 7.65. The van der Waals surface area contributed by atoms with Crippen molar-refractivity contribution in [1.29, 1.82) is 0 Å². The number of fused-ring (bicyclic) bond motifs is 2. The van der Waals surface area contributed by atoms with Gasteiger partial charge in [0.25, 0.3) is 5.82 Å². The van der Waals surface area contributed by atoms with Crippen molar-refractivity contribution in [2.75, 3.05) is 7.11 Å². The molecular weight excluding hydrogens is 284 g/mol. The molecule has 3 aromatic carbocycles. The molecule has 0 aliphatic carbocycles. The summed E-state index contributed by atoms with van der Waals surface area (Å²) in [6.07, 6.45) is 0. The van der Waals surface area contributed by atoms with Gasteiger partial charge in [0.1, 0.15) is 13.2 Å². The Morgan fingerprint density at radius 1 is 0.913 bits per heavy atom. The van der Waals surface area contributed by atoms with Gasteiger partial charge < -0.3 is 4.74 Å². The molecule has 1 heterocycles. The van der Waals surface area contributed by atoms with Crippen LogP contribution in [0.1, 0.15) is 11.4 Å². The van der Waals surface area contributed by atoms with Gasteiger partial charge in [0, 0.05) is 7.11 Å². The second kappa shape index (κ2) is 5.86. The molecule has 1 N–H and O–H groups in total. The number of H-pyrrole nitrogens is 1. The number of nitrogens with one attached hydrogen (secondary N) is 1. The van der Waals surface area contributed by atoms with Gasteiger partial charge in [0.15, 0.2) is 11.0 Å². The Morgan fingerprint density at radius 2 is 1.70 bits per heavy atom. The predicted molar refractivity (Wildman–Crippen MR) is 92.3 cm³/mol. The standard InChI is InChI=1S/C20H18N2O/c1-23-14-20-21-18-8-4-5-9-19(18)22(20)13-15-10-11-16-6-2-3-7-17(16)12-15/h2-12H,13-14H2,1H3/p+1. The minimum atomic E-state index is 0.572. The van der Waals surface area contributed by atoms with Crippen molar-refractivity contribution in [3.8, 4) is 0 Å². The second-order valence-electron chi connectivity index (χ2n) is 5.79. The van der Waals surface area contributed by atoms with Crippen LogP contribution >= 0.6 is 0 Å². The van der Waals surface area contributed by atoms with E-state index in [1.54, 1.807) is 7.11 Å². The first-order chi connectivity index (χ1) is 11.3. The molecule has 0 saturated heterocycles. The summed E-state index contributed by atoms with van der Waals surface area (Å²) in [6, 6.07) is 23.5. The van der Waals surface area contributed by atoms with E-state index in [1.165, 1.54) is 21.9 Å². The van der Waals surface area contributed by atoms with Crippen LogP contribution in [0, 0.1) is 0 Å². The molecule has 1 aromatic heterocycles. The zero-order chi connectivity index (χ0) is 15.6. The largest absolute Gasteiger partial charge is 0.372 e. The number of para-hydroxylation sites is 2. The molecule has 0 unspecified atom stereocenters. The lowest BCUT2D eigenvalue weighted by Crippen LogP contribution is -2.37. The number of hydrogen-bond donors (Lipinski definition) is 1. The van der Waals surface area contributed by atoms with E-state index in [2.05, 4.69) is 76.3 Å². The summed E-state index contributed by atoms with van der Waals surface area (Å²) in [5.74, 6) is 1.09. The molecule has 3 nitrogen and oxygen atoms in total. The molecule has 114 valence electrons. The fourth-order valence-corrected chi connectivity index (χ4v) is 3.13. The van der Waals surface area contributed by atoms with Gasteiger partial charge in [-0.1, -0.05) is 48.5 Å². The van der Waals surface area contributed by atoms with Crippen molar-refractivity contribution in [3.05, 3.63) is 78.1 Å². The maximum absolute atomic E-state index is 5.35. The minimum Gasteiger partial charge on any atom is -0.372 e. The van der Waals surface area contributed by atoms with Crippen LogP contribution in [-0.2, 0) is 17.9 Å². The number of rotatable bonds is 4. The van der Waals surface area contributed by atoms with E-state index in [4.69, 9.17) is 4.74 Å². The van der Waals surface area contributed by atoms with E-state index in [9.17, 15) is 0 Å². The highest BCUT2D eigenvalue weighted by atomic mass is 16.5. The normalized spacial score (nSPS) is 11.3. The molecule has 0 aliphatic rings. The van der Waals surface area contributed by atoms with Gasteiger partial charge in [-0.15, -0.1) is 0 Å². The van der Waals surface area contributed by atoms with Crippen molar-refractivity contribution in [1.82, 2.24) is 4.98 Å². The lowest BCUT2D eigenvalue weighted by molar-refractivity contribution is -0.672. The Bertz CT molecular complexity index is 972.